The summed E-state index contributed by atoms with van der Waals surface area (Å²) < 4.78 is 0. The number of guanidine groups is 1. The number of aliphatic hydroxyl groups is 1. The van der Waals surface area contributed by atoms with Crippen molar-refractivity contribution in [2.45, 2.75) is 19.4 Å². The zero-order chi connectivity index (χ0) is 8.69. The minimum absolute atomic E-state index is 0.120. The van der Waals surface area contributed by atoms with Crippen molar-refractivity contribution in [2.24, 2.45) is 16.5 Å². The molecule has 0 amide bonds. The van der Waals surface area contributed by atoms with Crippen molar-refractivity contribution in [2.75, 3.05) is 11.6 Å². The van der Waals surface area contributed by atoms with Gasteiger partial charge in [0.25, 0.3) is 0 Å². The Morgan fingerprint density at radius 2 is 2.27 bits per heavy atom. The fourth-order valence-corrected chi connectivity index (χ4v) is 1.32. The fraction of sp³-hybridized carbons (Fsp3) is 0.833. The van der Waals surface area contributed by atoms with Crippen molar-refractivity contribution in [1.82, 2.24) is 0 Å². The average molecular weight is 177 g/mol. The summed E-state index contributed by atoms with van der Waals surface area (Å²) >= 11 is 1.60. The molecule has 0 aliphatic carbocycles. The van der Waals surface area contributed by atoms with Crippen LogP contribution >= 0.6 is 11.8 Å². The van der Waals surface area contributed by atoms with Crippen LogP contribution < -0.4 is 11.5 Å². The number of rotatable bonds is 5. The quantitative estimate of drug-likeness (QED) is 0.306. The third-order valence-electron chi connectivity index (χ3n) is 1.02. The monoisotopic (exact) mass is 177 g/mol. The molecule has 0 radical (unpaired) electrons. The van der Waals surface area contributed by atoms with Gasteiger partial charge in [0.2, 0.25) is 0 Å². The van der Waals surface area contributed by atoms with Gasteiger partial charge >= 0.3 is 0 Å². The van der Waals surface area contributed by atoms with E-state index in [0.29, 0.717) is 5.88 Å². The summed E-state index contributed by atoms with van der Waals surface area (Å²) in [5, 5.41) is 8.86. The van der Waals surface area contributed by atoms with Crippen molar-refractivity contribution >= 4 is 17.7 Å². The normalized spacial score (nSPS) is 12.5. The molecule has 1 unspecified atom stereocenters. The standard InChI is InChI=1S/C6H15N3OS/c1-5(10)2-3-11-4-9-6(7)8/h5,10H,2-4H2,1H3,(H4,7,8,9). The molecule has 0 aliphatic heterocycles. The van der Waals surface area contributed by atoms with E-state index in [1.54, 1.807) is 18.7 Å². The number of nitrogens with zero attached hydrogens (tertiary/aromatic N) is 1. The number of aliphatic imine (C=N–C) groups is 1. The first kappa shape index (κ1) is 10.6. The lowest BCUT2D eigenvalue weighted by Crippen LogP contribution is -2.22. The molecule has 11 heavy (non-hydrogen) atoms. The van der Waals surface area contributed by atoms with E-state index >= 15 is 0 Å². The molecular weight excluding hydrogens is 162 g/mol. The Labute approximate surface area is 71.1 Å². The summed E-state index contributed by atoms with van der Waals surface area (Å²) in [6.45, 7) is 1.77. The molecule has 0 aromatic heterocycles. The van der Waals surface area contributed by atoms with Crippen LogP contribution in [0.3, 0.4) is 0 Å². The topological polar surface area (TPSA) is 84.6 Å². The van der Waals surface area contributed by atoms with Crippen molar-refractivity contribution in [1.29, 1.82) is 0 Å². The van der Waals surface area contributed by atoms with Crippen molar-refractivity contribution in [3.8, 4) is 0 Å². The van der Waals surface area contributed by atoms with Gasteiger partial charge in [0.05, 0.1) is 12.0 Å². The molecule has 0 aromatic rings. The highest BCUT2D eigenvalue weighted by Gasteiger charge is 1.94. The van der Waals surface area contributed by atoms with E-state index in [4.69, 9.17) is 16.6 Å². The summed E-state index contributed by atoms with van der Waals surface area (Å²) in [6, 6.07) is 0. The summed E-state index contributed by atoms with van der Waals surface area (Å²) in [5.74, 6) is 1.58. The molecule has 66 valence electrons. The first-order chi connectivity index (χ1) is 5.13. The first-order valence-electron chi connectivity index (χ1n) is 3.44. The number of hydrogen-bond acceptors (Lipinski definition) is 3. The predicted molar refractivity (Wildman–Crippen MR) is 49.4 cm³/mol. The molecule has 0 spiro atoms. The lowest BCUT2D eigenvalue weighted by molar-refractivity contribution is 0.192. The molecule has 4 nitrogen and oxygen atoms in total. The summed E-state index contributed by atoms with van der Waals surface area (Å²) in [7, 11) is 0. The van der Waals surface area contributed by atoms with Gasteiger partial charge in [0.15, 0.2) is 5.96 Å². The molecule has 0 aliphatic rings. The van der Waals surface area contributed by atoms with Crippen LogP contribution in [0.1, 0.15) is 13.3 Å². The minimum Gasteiger partial charge on any atom is -0.393 e. The van der Waals surface area contributed by atoms with E-state index in [-0.39, 0.29) is 12.1 Å². The van der Waals surface area contributed by atoms with Crippen LogP contribution in [-0.2, 0) is 0 Å². The number of hydrogen-bond donors (Lipinski definition) is 3. The van der Waals surface area contributed by atoms with Crippen LogP contribution in [-0.4, -0.2) is 28.8 Å². The maximum atomic E-state index is 8.86. The molecule has 0 aromatic carbocycles. The average Bonchev–Trinajstić information content (AvgIpc) is 1.85. The Hall–Kier alpha value is -0.420. The van der Waals surface area contributed by atoms with Gasteiger partial charge in [0, 0.05) is 0 Å². The molecule has 5 heteroatoms. The summed E-state index contributed by atoms with van der Waals surface area (Å²) in [6.07, 6.45) is 0.548. The SMILES string of the molecule is CC(O)CCSCN=C(N)N. The predicted octanol–water partition coefficient (Wildman–Crippen LogP) is -0.279. The van der Waals surface area contributed by atoms with E-state index in [0.717, 1.165) is 12.2 Å². The number of nitrogens with two attached hydrogens (primary N) is 2. The van der Waals surface area contributed by atoms with Gasteiger partial charge in [-0.05, 0) is 19.1 Å². The lowest BCUT2D eigenvalue weighted by atomic mass is 10.3. The van der Waals surface area contributed by atoms with Crippen molar-refractivity contribution < 1.29 is 5.11 Å². The Morgan fingerprint density at radius 1 is 1.64 bits per heavy atom. The first-order valence-corrected chi connectivity index (χ1v) is 4.59. The second-order valence-electron chi connectivity index (χ2n) is 2.26. The molecular formula is C6H15N3OS. The molecule has 0 bridgehead atoms. The van der Waals surface area contributed by atoms with Crippen molar-refractivity contribution in [3.05, 3.63) is 0 Å². The van der Waals surface area contributed by atoms with Crippen LogP contribution in [0.5, 0.6) is 0 Å². The Balaban J connectivity index is 3.09. The highest BCUT2D eigenvalue weighted by atomic mass is 32.2. The van der Waals surface area contributed by atoms with Crippen LogP contribution in [0.15, 0.2) is 4.99 Å². The highest BCUT2D eigenvalue weighted by molar-refractivity contribution is 7.99. The molecule has 1 atom stereocenters. The second-order valence-corrected chi connectivity index (χ2v) is 3.33. The van der Waals surface area contributed by atoms with Crippen LogP contribution in [0.2, 0.25) is 0 Å². The molecule has 0 rings (SSSR count). The molecule has 0 fully saturated rings. The smallest absolute Gasteiger partial charge is 0.186 e. The zero-order valence-corrected chi connectivity index (χ0v) is 7.47. The van der Waals surface area contributed by atoms with E-state index < -0.39 is 0 Å². The lowest BCUT2D eigenvalue weighted by Gasteiger charge is -2.01. The molecule has 0 saturated carbocycles. The zero-order valence-electron chi connectivity index (χ0n) is 6.66. The van der Waals surface area contributed by atoms with E-state index in [1.807, 2.05) is 0 Å². The Kier molecular flexibility index (Phi) is 6.06. The van der Waals surface area contributed by atoms with Gasteiger partial charge < -0.3 is 16.6 Å². The third kappa shape index (κ3) is 9.58. The number of aliphatic hydroxyl groups excluding tert-OH is 1. The molecule has 0 heterocycles. The summed E-state index contributed by atoms with van der Waals surface area (Å²) in [5.41, 5.74) is 10.2. The maximum Gasteiger partial charge on any atom is 0.186 e. The Morgan fingerprint density at radius 3 is 2.73 bits per heavy atom. The van der Waals surface area contributed by atoms with Crippen LogP contribution in [0, 0.1) is 0 Å². The third-order valence-corrected chi connectivity index (χ3v) is 1.85. The Bertz CT molecular complexity index is 123. The van der Waals surface area contributed by atoms with E-state index in [9.17, 15) is 0 Å². The van der Waals surface area contributed by atoms with Gasteiger partial charge in [-0.1, -0.05) is 0 Å². The van der Waals surface area contributed by atoms with Gasteiger partial charge in [-0.3, -0.25) is 0 Å². The largest absolute Gasteiger partial charge is 0.393 e. The molecule has 0 saturated heterocycles. The number of thioether (sulfide) groups is 1. The van der Waals surface area contributed by atoms with Crippen LogP contribution in [0.25, 0.3) is 0 Å². The summed E-state index contributed by atoms with van der Waals surface area (Å²) in [4.78, 5) is 3.77. The van der Waals surface area contributed by atoms with Gasteiger partial charge in [0.1, 0.15) is 0 Å². The van der Waals surface area contributed by atoms with Gasteiger partial charge in [-0.25, -0.2) is 4.99 Å². The van der Waals surface area contributed by atoms with Gasteiger partial charge in [-0.15, -0.1) is 11.8 Å². The van der Waals surface area contributed by atoms with Gasteiger partial charge in [-0.2, -0.15) is 0 Å². The highest BCUT2D eigenvalue weighted by Crippen LogP contribution is 2.04. The van der Waals surface area contributed by atoms with Crippen molar-refractivity contribution in [3.63, 3.8) is 0 Å². The molecule has 5 N–H and O–H groups in total. The van der Waals surface area contributed by atoms with Crippen LogP contribution in [0.4, 0.5) is 0 Å². The fourth-order valence-electron chi connectivity index (χ4n) is 0.439. The second kappa shape index (κ2) is 6.30. The maximum absolute atomic E-state index is 8.86. The minimum atomic E-state index is -0.235. The van der Waals surface area contributed by atoms with E-state index in [2.05, 4.69) is 4.99 Å². The van der Waals surface area contributed by atoms with E-state index in [1.165, 1.54) is 0 Å².